The highest BCUT2D eigenvalue weighted by Gasteiger charge is 1.92. The monoisotopic (exact) mass is 245 g/mol. The molecule has 0 amide bonds. The summed E-state index contributed by atoms with van der Waals surface area (Å²) in [5, 5.41) is 0. The van der Waals surface area contributed by atoms with Crippen LogP contribution >= 0.6 is 12.4 Å². The summed E-state index contributed by atoms with van der Waals surface area (Å²) >= 11 is 0. The first-order chi connectivity index (χ1) is 7.88. The molecule has 1 heterocycles. The third kappa shape index (κ3) is 3.82. The minimum absolute atomic E-state index is 0. The first-order valence-electron chi connectivity index (χ1n) is 4.96. The Hall–Kier alpha value is -1.98. The molecular weight excluding hydrogens is 234 g/mol. The van der Waals surface area contributed by atoms with E-state index in [0.29, 0.717) is 11.6 Å². The molecule has 0 aliphatic rings. The van der Waals surface area contributed by atoms with E-state index in [1.54, 1.807) is 13.2 Å². The number of rotatable bonds is 1. The van der Waals surface area contributed by atoms with Gasteiger partial charge in [0.15, 0.2) is 0 Å². The molecule has 0 fully saturated rings. The SMILES string of the molecule is COc1cccc(C#Cc2ccccc2)n1.Cl. The molecule has 17 heavy (non-hydrogen) atoms. The largest absolute Gasteiger partial charge is 0.481 e. The van der Waals surface area contributed by atoms with Gasteiger partial charge < -0.3 is 4.74 Å². The number of hydrogen-bond acceptors (Lipinski definition) is 2. The van der Waals surface area contributed by atoms with Crippen LogP contribution in [-0.4, -0.2) is 12.1 Å². The predicted octanol–water partition coefficient (Wildman–Crippen LogP) is 2.91. The van der Waals surface area contributed by atoms with E-state index < -0.39 is 0 Å². The van der Waals surface area contributed by atoms with Crippen molar-refractivity contribution in [3.63, 3.8) is 0 Å². The zero-order valence-corrected chi connectivity index (χ0v) is 10.2. The van der Waals surface area contributed by atoms with Crippen LogP contribution in [0.1, 0.15) is 11.3 Å². The third-order valence-corrected chi connectivity index (χ3v) is 2.04. The standard InChI is InChI=1S/C14H11NO.ClH/c1-16-14-9-5-8-13(15-14)11-10-12-6-3-2-4-7-12;/h2-9H,1H3;1H. The molecule has 0 bridgehead atoms. The molecule has 86 valence electrons. The van der Waals surface area contributed by atoms with Crippen LogP contribution in [0.15, 0.2) is 48.5 Å². The van der Waals surface area contributed by atoms with Crippen LogP contribution in [0.5, 0.6) is 5.88 Å². The number of halogens is 1. The summed E-state index contributed by atoms with van der Waals surface area (Å²) in [5.41, 5.74) is 1.69. The fourth-order valence-electron chi connectivity index (χ4n) is 1.26. The summed E-state index contributed by atoms with van der Waals surface area (Å²) in [6, 6.07) is 15.4. The Kier molecular flexibility index (Phi) is 5.06. The van der Waals surface area contributed by atoms with Crippen LogP contribution in [0.3, 0.4) is 0 Å². The van der Waals surface area contributed by atoms with Crippen molar-refractivity contribution in [2.45, 2.75) is 0 Å². The second-order valence-electron chi connectivity index (χ2n) is 3.18. The summed E-state index contributed by atoms with van der Waals surface area (Å²) < 4.78 is 5.03. The highest BCUT2D eigenvalue weighted by molar-refractivity contribution is 5.85. The molecule has 3 heteroatoms. The number of hydrogen-bond donors (Lipinski definition) is 0. The summed E-state index contributed by atoms with van der Waals surface area (Å²) in [6.45, 7) is 0. The first kappa shape index (κ1) is 13.1. The zero-order chi connectivity index (χ0) is 11.2. The van der Waals surface area contributed by atoms with Gasteiger partial charge in [-0.1, -0.05) is 30.2 Å². The van der Waals surface area contributed by atoms with E-state index in [0.717, 1.165) is 5.56 Å². The Morgan fingerprint density at radius 1 is 0.941 bits per heavy atom. The predicted molar refractivity (Wildman–Crippen MR) is 70.5 cm³/mol. The molecule has 0 unspecified atom stereocenters. The van der Waals surface area contributed by atoms with E-state index >= 15 is 0 Å². The lowest BCUT2D eigenvalue weighted by Crippen LogP contribution is -1.89. The average molecular weight is 246 g/mol. The van der Waals surface area contributed by atoms with Crippen molar-refractivity contribution in [1.29, 1.82) is 0 Å². The van der Waals surface area contributed by atoms with Gasteiger partial charge in [-0.2, -0.15) is 0 Å². The molecule has 0 atom stereocenters. The number of aromatic nitrogens is 1. The molecule has 1 aromatic heterocycles. The number of nitrogens with zero attached hydrogens (tertiary/aromatic N) is 1. The van der Waals surface area contributed by atoms with E-state index in [9.17, 15) is 0 Å². The topological polar surface area (TPSA) is 22.1 Å². The number of methoxy groups -OCH3 is 1. The van der Waals surface area contributed by atoms with Crippen molar-refractivity contribution in [3.05, 3.63) is 59.8 Å². The van der Waals surface area contributed by atoms with Gasteiger partial charge in [-0.25, -0.2) is 4.98 Å². The van der Waals surface area contributed by atoms with Gasteiger partial charge in [0.1, 0.15) is 5.69 Å². The van der Waals surface area contributed by atoms with E-state index in [1.165, 1.54) is 0 Å². The highest BCUT2D eigenvalue weighted by atomic mass is 35.5. The van der Waals surface area contributed by atoms with E-state index in [2.05, 4.69) is 16.8 Å². The zero-order valence-electron chi connectivity index (χ0n) is 9.38. The molecule has 0 saturated carbocycles. The van der Waals surface area contributed by atoms with Gasteiger partial charge >= 0.3 is 0 Å². The normalized spacial score (nSPS) is 8.53. The minimum atomic E-state index is 0. The first-order valence-corrected chi connectivity index (χ1v) is 4.96. The van der Waals surface area contributed by atoms with Crippen LogP contribution in [0.25, 0.3) is 0 Å². The lowest BCUT2D eigenvalue weighted by molar-refractivity contribution is 0.397. The summed E-state index contributed by atoms with van der Waals surface area (Å²) in [6.07, 6.45) is 0. The summed E-state index contributed by atoms with van der Waals surface area (Å²) in [5.74, 6) is 6.62. The molecule has 0 aliphatic carbocycles. The quantitative estimate of drug-likeness (QED) is 0.721. The number of ether oxygens (including phenoxy) is 1. The second kappa shape index (κ2) is 6.57. The summed E-state index contributed by atoms with van der Waals surface area (Å²) in [4.78, 5) is 4.21. The van der Waals surface area contributed by atoms with Gasteiger partial charge in [0.05, 0.1) is 7.11 Å². The number of pyridine rings is 1. The number of benzene rings is 1. The second-order valence-corrected chi connectivity index (χ2v) is 3.18. The van der Waals surface area contributed by atoms with E-state index in [4.69, 9.17) is 4.74 Å². The molecule has 0 N–H and O–H groups in total. The molecule has 2 nitrogen and oxygen atoms in total. The van der Waals surface area contributed by atoms with Crippen LogP contribution < -0.4 is 4.74 Å². The smallest absolute Gasteiger partial charge is 0.214 e. The molecule has 0 radical (unpaired) electrons. The Bertz CT molecular complexity index is 529. The Balaban J connectivity index is 0.00000144. The van der Waals surface area contributed by atoms with Crippen molar-refractivity contribution in [2.24, 2.45) is 0 Å². The molecule has 0 aliphatic heterocycles. The molecular formula is C14H12ClNO. The molecule has 1 aromatic carbocycles. The fraction of sp³-hybridized carbons (Fsp3) is 0.0714. The van der Waals surface area contributed by atoms with Gasteiger partial charge in [-0.3, -0.25) is 0 Å². The molecule has 2 aromatic rings. The lowest BCUT2D eigenvalue weighted by Gasteiger charge is -1.96. The van der Waals surface area contributed by atoms with E-state index in [1.807, 2.05) is 42.5 Å². The van der Waals surface area contributed by atoms with Crippen molar-refractivity contribution in [2.75, 3.05) is 7.11 Å². The Morgan fingerprint density at radius 2 is 1.71 bits per heavy atom. The fourth-order valence-corrected chi connectivity index (χ4v) is 1.26. The maximum Gasteiger partial charge on any atom is 0.214 e. The van der Waals surface area contributed by atoms with Gasteiger partial charge in [-0.05, 0) is 24.1 Å². The van der Waals surface area contributed by atoms with Crippen LogP contribution in [-0.2, 0) is 0 Å². The van der Waals surface area contributed by atoms with Crippen LogP contribution in [0, 0.1) is 11.8 Å². The molecule has 0 saturated heterocycles. The maximum absolute atomic E-state index is 5.03. The summed E-state index contributed by atoms with van der Waals surface area (Å²) in [7, 11) is 1.59. The van der Waals surface area contributed by atoms with Crippen LogP contribution in [0.4, 0.5) is 0 Å². The average Bonchev–Trinajstić information content (AvgIpc) is 2.38. The maximum atomic E-state index is 5.03. The Morgan fingerprint density at radius 3 is 2.41 bits per heavy atom. The van der Waals surface area contributed by atoms with Gasteiger partial charge in [0.2, 0.25) is 5.88 Å². The van der Waals surface area contributed by atoms with Gasteiger partial charge in [0, 0.05) is 11.6 Å². The van der Waals surface area contributed by atoms with Crippen molar-refractivity contribution in [1.82, 2.24) is 4.98 Å². The molecule has 2 rings (SSSR count). The van der Waals surface area contributed by atoms with Crippen LogP contribution in [0.2, 0.25) is 0 Å². The van der Waals surface area contributed by atoms with Crippen molar-refractivity contribution in [3.8, 4) is 17.7 Å². The van der Waals surface area contributed by atoms with Crippen molar-refractivity contribution < 1.29 is 4.74 Å². The minimum Gasteiger partial charge on any atom is -0.481 e. The Labute approximate surface area is 107 Å². The molecule has 0 spiro atoms. The third-order valence-electron chi connectivity index (χ3n) is 2.04. The van der Waals surface area contributed by atoms with Gasteiger partial charge in [-0.15, -0.1) is 12.4 Å². The lowest BCUT2D eigenvalue weighted by atomic mass is 10.2. The van der Waals surface area contributed by atoms with Gasteiger partial charge in [0.25, 0.3) is 0 Å². The highest BCUT2D eigenvalue weighted by Crippen LogP contribution is 2.05. The van der Waals surface area contributed by atoms with Crippen molar-refractivity contribution >= 4 is 12.4 Å². The van der Waals surface area contributed by atoms with E-state index in [-0.39, 0.29) is 12.4 Å².